The van der Waals surface area contributed by atoms with Crippen LogP contribution < -0.4 is 0 Å². The molecule has 0 aromatic heterocycles. The Labute approximate surface area is 107 Å². The molecule has 0 fully saturated rings. The average molecular weight is 236 g/mol. The molecule has 1 atom stereocenters. The van der Waals surface area contributed by atoms with Crippen molar-refractivity contribution in [1.82, 2.24) is 0 Å². The van der Waals surface area contributed by atoms with Gasteiger partial charge in [0.15, 0.2) is 0 Å². The van der Waals surface area contributed by atoms with Crippen molar-refractivity contribution in [1.29, 1.82) is 0 Å². The van der Waals surface area contributed by atoms with Gasteiger partial charge in [-0.1, -0.05) is 78.7 Å². The lowest BCUT2D eigenvalue weighted by molar-refractivity contribution is -0.0902. The molecule has 1 rings (SSSR count). The maximum atomic E-state index is 10.6. The van der Waals surface area contributed by atoms with Crippen LogP contribution in [0.1, 0.15) is 54.4 Å². The van der Waals surface area contributed by atoms with Crippen molar-refractivity contribution < 1.29 is 5.11 Å². The summed E-state index contributed by atoms with van der Waals surface area (Å²) in [7, 11) is 0. The minimum Gasteiger partial charge on any atom is -0.388 e. The van der Waals surface area contributed by atoms with E-state index in [2.05, 4.69) is 53.7 Å². The van der Waals surface area contributed by atoms with Gasteiger partial charge in [-0.2, -0.15) is 0 Å². The molecule has 1 aliphatic rings. The molecule has 0 heterocycles. The SMILES string of the molecule is CCC(C)(C)C1(C(C)(C)CC)C=CC=CC1O. The molecule has 0 radical (unpaired) electrons. The van der Waals surface area contributed by atoms with E-state index in [0.29, 0.717) is 0 Å². The smallest absolute Gasteiger partial charge is 0.0824 e. The summed E-state index contributed by atoms with van der Waals surface area (Å²) in [6.07, 6.45) is 9.97. The largest absolute Gasteiger partial charge is 0.388 e. The zero-order chi connectivity index (χ0) is 13.3. The van der Waals surface area contributed by atoms with Gasteiger partial charge in [0.25, 0.3) is 0 Å². The zero-order valence-corrected chi connectivity index (χ0v) is 12.2. The first-order valence-corrected chi connectivity index (χ1v) is 6.79. The molecule has 1 heteroatoms. The van der Waals surface area contributed by atoms with Crippen LogP contribution in [0.25, 0.3) is 0 Å². The van der Waals surface area contributed by atoms with Crippen molar-refractivity contribution in [3.8, 4) is 0 Å². The standard InChI is InChI=1S/C16H28O/c1-7-14(3,4)16(15(5,6)8-2)12-10-9-11-13(16)17/h9-13,17H,7-8H2,1-6H3. The minimum atomic E-state index is -0.391. The number of aliphatic hydroxyl groups excluding tert-OH is 1. The van der Waals surface area contributed by atoms with E-state index in [1.54, 1.807) is 0 Å². The molecule has 0 saturated carbocycles. The molecule has 17 heavy (non-hydrogen) atoms. The van der Waals surface area contributed by atoms with E-state index in [0.717, 1.165) is 12.8 Å². The molecule has 1 nitrogen and oxygen atoms in total. The molecule has 1 aliphatic carbocycles. The predicted molar refractivity (Wildman–Crippen MR) is 74.9 cm³/mol. The van der Waals surface area contributed by atoms with Crippen LogP contribution in [0.15, 0.2) is 24.3 Å². The Balaban J connectivity index is 3.39. The summed E-state index contributed by atoms with van der Waals surface area (Å²) >= 11 is 0. The second-order valence-corrected chi connectivity index (χ2v) is 6.53. The van der Waals surface area contributed by atoms with Gasteiger partial charge in [0.05, 0.1) is 6.10 Å². The summed E-state index contributed by atoms with van der Waals surface area (Å²) in [6.45, 7) is 13.5. The number of allylic oxidation sites excluding steroid dienone is 2. The number of rotatable bonds is 4. The van der Waals surface area contributed by atoms with Crippen molar-refractivity contribution >= 4 is 0 Å². The summed E-state index contributed by atoms with van der Waals surface area (Å²) in [5, 5.41) is 10.6. The lowest BCUT2D eigenvalue weighted by atomic mass is 9.48. The van der Waals surface area contributed by atoms with Crippen LogP contribution in [-0.2, 0) is 0 Å². The fourth-order valence-electron chi connectivity index (χ4n) is 3.38. The van der Waals surface area contributed by atoms with Crippen LogP contribution in [0.4, 0.5) is 0 Å². The molecule has 0 amide bonds. The van der Waals surface area contributed by atoms with Crippen molar-refractivity contribution in [2.75, 3.05) is 0 Å². The molecule has 0 saturated heterocycles. The van der Waals surface area contributed by atoms with Crippen molar-refractivity contribution in [3.05, 3.63) is 24.3 Å². The van der Waals surface area contributed by atoms with Gasteiger partial charge in [0.1, 0.15) is 0 Å². The van der Waals surface area contributed by atoms with E-state index in [-0.39, 0.29) is 16.2 Å². The van der Waals surface area contributed by atoms with Crippen molar-refractivity contribution in [3.63, 3.8) is 0 Å². The molecule has 98 valence electrons. The highest BCUT2D eigenvalue weighted by atomic mass is 16.3. The van der Waals surface area contributed by atoms with Gasteiger partial charge in [-0.3, -0.25) is 0 Å². The number of aliphatic hydroxyl groups is 1. The number of hydrogen-bond acceptors (Lipinski definition) is 1. The average Bonchev–Trinajstić information content (AvgIpc) is 2.29. The molecule has 1 N–H and O–H groups in total. The fourth-order valence-corrected chi connectivity index (χ4v) is 3.38. The predicted octanol–water partition coefficient (Wildman–Crippen LogP) is 4.33. The topological polar surface area (TPSA) is 20.2 Å². The molecular formula is C16H28O. The highest BCUT2D eigenvalue weighted by Crippen LogP contribution is 2.59. The maximum Gasteiger partial charge on any atom is 0.0824 e. The summed E-state index contributed by atoms with van der Waals surface area (Å²) in [5.74, 6) is 0. The lowest BCUT2D eigenvalue weighted by Gasteiger charge is -2.57. The second kappa shape index (κ2) is 4.61. The summed E-state index contributed by atoms with van der Waals surface area (Å²) in [6, 6.07) is 0. The van der Waals surface area contributed by atoms with E-state index in [9.17, 15) is 5.11 Å². The van der Waals surface area contributed by atoms with E-state index in [4.69, 9.17) is 0 Å². The first-order valence-electron chi connectivity index (χ1n) is 6.79. The van der Waals surface area contributed by atoms with Gasteiger partial charge >= 0.3 is 0 Å². The van der Waals surface area contributed by atoms with Gasteiger partial charge in [-0.05, 0) is 10.8 Å². The highest BCUT2D eigenvalue weighted by molar-refractivity contribution is 5.27. The molecular weight excluding hydrogens is 208 g/mol. The van der Waals surface area contributed by atoms with Crippen LogP contribution in [0.5, 0.6) is 0 Å². The molecule has 0 aliphatic heterocycles. The Kier molecular flexibility index (Phi) is 3.93. The Morgan fingerprint density at radius 2 is 1.47 bits per heavy atom. The lowest BCUT2D eigenvalue weighted by Crippen LogP contribution is -2.54. The fraction of sp³-hybridized carbons (Fsp3) is 0.750. The van der Waals surface area contributed by atoms with Gasteiger partial charge in [0.2, 0.25) is 0 Å². The Morgan fingerprint density at radius 3 is 1.82 bits per heavy atom. The molecule has 1 unspecified atom stereocenters. The third-order valence-corrected chi connectivity index (χ3v) is 5.24. The minimum absolute atomic E-state index is 0.0766. The van der Waals surface area contributed by atoms with Crippen LogP contribution >= 0.6 is 0 Å². The van der Waals surface area contributed by atoms with E-state index in [1.165, 1.54) is 0 Å². The molecule has 0 spiro atoms. The Hall–Kier alpha value is -0.560. The van der Waals surface area contributed by atoms with Gasteiger partial charge in [-0.15, -0.1) is 0 Å². The highest BCUT2D eigenvalue weighted by Gasteiger charge is 2.55. The third-order valence-electron chi connectivity index (χ3n) is 5.24. The maximum absolute atomic E-state index is 10.6. The normalized spacial score (nSPS) is 24.1. The van der Waals surface area contributed by atoms with Gasteiger partial charge in [-0.25, -0.2) is 0 Å². The Bertz CT molecular complexity index is 304. The van der Waals surface area contributed by atoms with E-state index < -0.39 is 6.10 Å². The van der Waals surface area contributed by atoms with Crippen LogP contribution in [0.2, 0.25) is 0 Å². The summed E-state index contributed by atoms with van der Waals surface area (Å²) < 4.78 is 0. The van der Waals surface area contributed by atoms with Crippen molar-refractivity contribution in [2.24, 2.45) is 16.2 Å². The molecule has 0 bridgehead atoms. The van der Waals surface area contributed by atoms with Crippen LogP contribution in [0.3, 0.4) is 0 Å². The van der Waals surface area contributed by atoms with Crippen LogP contribution in [-0.4, -0.2) is 11.2 Å². The first-order chi connectivity index (χ1) is 7.75. The zero-order valence-electron chi connectivity index (χ0n) is 12.2. The quantitative estimate of drug-likeness (QED) is 0.770. The number of hydrogen-bond donors (Lipinski definition) is 1. The first kappa shape index (κ1) is 14.5. The Morgan fingerprint density at radius 1 is 1.00 bits per heavy atom. The second-order valence-electron chi connectivity index (χ2n) is 6.53. The van der Waals surface area contributed by atoms with E-state index in [1.807, 2.05) is 12.2 Å². The summed E-state index contributed by atoms with van der Waals surface area (Å²) in [4.78, 5) is 0. The van der Waals surface area contributed by atoms with Crippen molar-refractivity contribution in [2.45, 2.75) is 60.5 Å². The van der Waals surface area contributed by atoms with Gasteiger partial charge < -0.3 is 5.11 Å². The third kappa shape index (κ3) is 1.99. The summed E-state index contributed by atoms with van der Waals surface area (Å²) in [5.41, 5.74) is -0.0291. The van der Waals surface area contributed by atoms with E-state index >= 15 is 0 Å². The van der Waals surface area contributed by atoms with Gasteiger partial charge in [0, 0.05) is 5.41 Å². The molecule has 0 aromatic rings. The monoisotopic (exact) mass is 236 g/mol. The van der Waals surface area contributed by atoms with Crippen LogP contribution in [0, 0.1) is 16.2 Å². The molecule has 0 aromatic carbocycles.